The highest BCUT2D eigenvalue weighted by molar-refractivity contribution is 5.89. The van der Waals surface area contributed by atoms with Crippen molar-refractivity contribution in [2.75, 3.05) is 0 Å². The van der Waals surface area contributed by atoms with Crippen LogP contribution in [0.15, 0.2) is 60.7 Å². The molecule has 26 heavy (non-hydrogen) atoms. The quantitative estimate of drug-likeness (QED) is 0.377. The fourth-order valence-corrected chi connectivity index (χ4v) is 2.03. The van der Waals surface area contributed by atoms with Crippen LogP contribution in [0.4, 0.5) is 0 Å². The van der Waals surface area contributed by atoms with E-state index in [0.717, 1.165) is 6.42 Å². The summed E-state index contributed by atoms with van der Waals surface area (Å²) in [5, 5.41) is 0. The van der Waals surface area contributed by atoms with E-state index in [9.17, 15) is 9.59 Å². The third-order valence-electron chi connectivity index (χ3n) is 3.77. The molecule has 0 N–H and O–H groups in total. The average molecular weight is 358 g/mol. The number of carbonyl (C=O) groups excluding carboxylic acids is 2. The second kappa shape index (κ2) is 10.3. The van der Waals surface area contributed by atoms with Crippen molar-refractivity contribution in [1.29, 1.82) is 0 Å². The van der Waals surface area contributed by atoms with Gasteiger partial charge in [0, 0.05) is 6.42 Å². The highest BCUT2D eigenvalue weighted by atomic mass is 17.3. The molecule has 2 aromatic carbocycles. The third-order valence-corrected chi connectivity index (χ3v) is 3.77. The predicted molar refractivity (Wildman–Crippen MR) is 93.7 cm³/mol. The molecule has 0 saturated carbocycles. The van der Waals surface area contributed by atoms with Crippen molar-refractivity contribution in [1.82, 2.24) is 0 Å². The molecule has 0 saturated heterocycles. The van der Waals surface area contributed by atoms with Crippen LogP contribution in [0.2, 0.25) is 0 Å². The lowest BCUT2D eigenvalue weighted by molar-refractivity contribution is -0.423. The van der Waals surface area contributed by atoms with Gasteiger partial charge in [0.15, 0.2) is 0 Å². The minimum absolute atomic E-state index is 0.214. The smallest absolute Gasteiger partial charge is 0.290 e. The first-order chi connectivity index (χ1) is 12.6. The minimum Gasteiger partial charge on any atom is -0.290 e. The molecule has 1 unspecified atom stereocenters. The summed E-state index contributed by atoms with van der Waals surface area (Å²) >= 11 is 0. The Morgan fingerprint density at radius 2 is 1.23 bits per heavy atom. The Morgan fingerprint density at radius 3 is 1.62 bits per heavy atom. The molecule has 6 heteroatoms. The van der Waals surface area contributed by atoms with Crippen LogP contribution in [0.5, 0.6) is 0 Å². The minimum atomic E-state index is -1.02. The highest BCUT2D eigenvalue weighted by Gasteiger charge is 2.21. The fraction of sp³-hybridized carbons (Fsp3) is 0.300. The van der Waals surface area contributed by atoms with E-state index in [0.29, 0.717) is 17.5 Å². The second-order valence-electron chi connectivity index (χ2n) is 5.84. The molecule has 1 atom stereocenters. The first-order valence-electron chi connectivity index (χ1n) is 8.45. The van der Waals surface area contributed by atoms with Crippen LogP contribution in [0.3, 0.4) is 0 Å². The molecule has 138 valence electrons. The molecule has 0 heterocycles. The molecule has 2 aromatic rings. The lowest BCUT2D eigenvalue weighted by Gasteiger charge is -2.18. The Morgan fingerprint density at radius 1 is 0.808 bits per heavy atom. The van der Waals surface area contributed by atoms with Crippen molar-refractivity contribution in [3.63, 3.8) is 0 Å². The van der Waals surface area contributed by atoms with E-state index in [1.807, 2.05) is 13.8 Å². The lowest BCUT2D eigenvalue weighted by Crippen LogP contribution is -2.24. The highest BCUT2D eigenvalue weighted by Crippen LogP contribution is 2.16. The number of rotatable bonds is 9. The summed E-state index contributed by atoms with van der Waals surface area (Å²) < 4.78 is 0. The predicted octanol–water partition coefficient (Wildman–Crippen LogP) is 4.33. The van der Waals surface area contributed by atoms with Crippen molar-refractivity contribution in [2.24, 2.45) is 5.92 Å². The number of hydrogen-bond acceptors (Lipinski definition) is 6. The Labute approximate surface area is 152 Å². The van der Waals surface area contributed by atoms with Crippen LogP contribution in [0.25, 0.3) is 0 Å². The third kappa shape index (κ3) is 6.31. The van der Waals surface area contributed by atoms with Gasteiger partial charge in [0.25, 0.3) is 0 Å². The van der Waals surface area contributed by atoms with Gasteiger partial charge < -0.3 is 0 Å². The Balaban J connectivity index is 1.90. The van der Waals surface area contributed by atoms with E-state index in [2.05, 4.69) is 0 Å². The van der Waals surface area contributed by atoms with Crippen LogP contribution in [0.1, 0.15) is 47.4 Å². The topological polar surface area (TPSA) is 71.1 Å². The first-order valence-corrected chi connectivity index (χ1v) is 8.45. The monoisotopic (exact) mass is 358 g/mol. The van der Waals surface area contributed by atoms with Crippen molar-refractivity contribution < 1.29 is 29.1 Å². The average Bonchev–Trinajstić information content (AvgIpc) is 2.70. The molecule has 0 amide bonds. The van der Waals surface area contributed by atoms with Crippen molar-refractivity contribution in [2.45, 2.75) is 33.0 Å². The van der Waals surface area contributed by atoms with E-state index >= 15 is 0 Å². The molecule has 0 bridgehead atoms. The fourth-order valence-electron chi connectivity index (χ4n) is 2.03. The van der Waals surface area contributed by atoms with E-state index in [1.54, 1.807) is 60.7 Å². The molecule has 2 rings (SSSR count). The summed E-state index contributed by atoms with van der Waals surface area (Å²) in [4.78, 5) is 43.7. The molecular weight excluding hydrogens is 336 g/mol. The van der Waals surface area contributed by atoms with Gasteiger partial charge in [-0.3, -0.25) is 9.78 Å². The Bertz CT molecular complexity index is 630. The van der Waals surface area contributed by atoms with Crippen LogP contribution in [-0.4, -0.2) is 18.2 Å². The van der Waals surface area contributed by atoms with Gasteiger partial charge in [-0.05, 0) is 30.2 Å². The van der Waals surface area contributed by atoms with Gasteiger partial charge in [-0.1, -0.05) is 56.7 Å². The summed E-state index contributed by atoms with van der Waals surface area (Å²) in [6, 6.07) is 16.8. The maximum absolute atomic E-state index is 12.0. The molecule has 0 fully saturated rings. The summed E-state index contributed by atoms with van der Waals surface area (Å²) in [6.45, 7) is 3.99. The van der Waals surface area contributed by atoms with Gasteiger partial charge in [-0.25, -0.2) is 9.59 Å². The Kier molecular flexibility index (Phi) is 7.79. The SMILES string of the molecule is CCC(C)CC(OOC(=O)c1ccccc1)OOC(=O)c1ccccc1. The zero-order valence-electron chi connectivity index (χ0n) is 14.8. The molecule has 0 spiro atoms. The summed E-state index contributed by atoms with van der Waals surface area (Å²) in [6.07, 6.45) is 0.230. The van der Waals surface area contributed by atoms with Crippen molar-refractivity contribution >= 4 is 11.9 Å². The molecule has 0 aliphatic rings. The van der Waals surface area contributed by atoms with E-state index in [-0.39, 0.29) is 5.92 Å². The second-order valence-corrected chi connectivity index (χ2v) is 5.84. The standard InChI is InChI=1S/C20H22O6/c1-3-15(2)14-18(23-25-19(21)16-10-6-4-7-11-16)24-26-20(22)17-12-8-5-9-13-17/h4-13,15,18H,3,14H2,1-2H3. The maximum atomic E-state index is 12.0. The van der Waals surface area contributed by atoms with Gasteiger partial charge in [0.05, 0.1) is 11.1 Å². The zero-order chi connectivity index (χ0) is 18.8. The molecule has 0 aliphatic carbocycles. The van der Waals surface area contributed by atoms with Crippen LogP contribution < -0.4 is 0 Å². The summed E-state index contributed by atoms with van der Waals surface area (Å²) in [5.41, 5.74) is 0.687. The number of benzene rings is 2. The molecule has 0 aliphatic heterocycles. The van der Waals surface area contributed by atoms with Gasteiger partial charge in [-0.2, -0.15) is 0 Å². The van der Waals surface area contributed by atoms with Crippen molar-refractivity contribution in [3.8, 4) is 0 Å². The van der Waals surface area contributed by atoms with Gasteiger partial charge >= 0.3 is 11.9 Å². The van der Waals surface area contributed by atoms with E-state index in [4.69, 9.17) is 19.6 Å². The molecule has 0 radical (unpaired) electrons. The lowest BCUT2D eigenvalue weighted by atomic mass is 10.1. The van der Waals surface area contributed by atoms with E-state index < -0.39 is 18.2 Å². The van der Waals surface area contributed by atoms with Crippen LogP contribution in [-0.2, 0) is 19.6 Å². The Hall–Kier alpha value is -2.70. The first kappa shape index (κ1) is 19.6. The number of carbonyl (C=O) groups is 2. The largest absolute Gasteiger partial charge is 0.373 e. The van der Waals surface area contributed by atoms with Crippen LogP contribution >= 0.6 is 0 Å². The molecule has 0 aromatic heterocycles. The molecule has 6 nitrogen and oxygen atoms in total. The molecular formula is C20H22O6. The summed E-state index contributed by atoms with van der Waals surface area (Å²) in [5.74, 6) is -1.10. The van der Waals surface area contributed by atoms with Gasteiger partial charge in [0.1, 0.15) is 0 Å². The summed E-state index contributed by atoms with van der Waals surface area (Å²) in [7, 11) is 0. The van der Waals surface area contributed by atoms with E-state index in [1.165, 1.54) is 0 Å². The van der Waals surface area contributed by atoms with Gasteiger partial charge in [0.2, 0.25) is 6.29 Å². The maximum Gasteiger partial charge on any atom is 0.373 e. The number of hydrogen-bond donors (Lipinski definition) is 0. The van der Waals surface area contributed by atoms with Crippen molar-refractivity contribution in [3.05, 3.63) is 71.8 Å². The van der Waals surface area contributed by atoms with Gasteiger partial charge in [-0.15, -0.1) is 9.78 Å². The normalized spacial score (nSPS) is 11.8. The zero-order valence-corrected chi connectivity index (χ0v) is 14.8. The van der Waals surface area contributed by atoms with Crippen LogP contribution in [0, 0.1) is 5.92 Å².